The van der Waals surface area contributed by atoms with E-state index in [1.54, 1.807) is 12.1 Å². The molecule has 0 bridgehead atoms. The van der Waals surface area contributed by atoms with Crippen LogP contribution in [0.15, 0.2) is 54.6 Å². The van der Waals surface area contributed by atoms with Gasteiger partial charge < -0.3 is 5.32 Å². The standard InChI is InChI=1S/C17H15F3N2O3S/c1-26(24,25)22-15-7-3-6-14(11-15)21-16(23)9-8-12-4-2-5-13(10-12)17(18,19)20/h2-11,22H,1H3,(H,21,23)/b9-8+. The summed E-state index contributed by atoms with van der Waals surface area (Å²) in [5.41, 5.74) is 0.0200. The van der Waals surface area contributed by atoms with Crippen molar-refractivity contribution in [1.29, 1.82) is 0 Å². The van der Waals surface area contributed by atoms with Crippen LogP contribution in [-0.4, -0.2) is 20.6 Å². The third-order valence-corrected chi connectivity index (χ3v) is 3.68. The Morgan fingerprint density at radius 3 is 2.35 bits per heavy atom. The van der Waals surface area contributed by atoms with Crippen LogP contribution in [0.2, 0.25) is 0 Å². The minimum atomic E-state index is -4.46. The van der Waals surface area contributed by atoms with Crippen LogP contribution in [0.4, 0.5) is 24.5 Å². The molecular weight excluding hydrogens is 369 g/mol. The highest BCUT2D eigenvalue weighted by atomic mass is 32.2. The Morgan fingerprint density at radius 2 is 1.69 bits per heavy atom. The maximum atomic E-state index is 12.7. The Hall–Kier alpha value is -2.81. The van der Waals surface area contributed by atoms with E-state index >= 15 is 0 Å². The lowest BCUT2D eigenvalue weighted by atomic mass is 10.1. The molecule has 0 aromatic heterocycles. The lowest BCUT2D eigenvalue weighted by Crippen LogP contribution is -2.11. The predicted octanol–water partition coefficient (Wildman–Crippen LogP) is 3.73. The number of halogens is 3. The molecule has 0 saturated carbocycles. The van der Waals surface area contributed by atoms with E-state index < -0.39 is 27.7 Å². The number of carbonyl (C=O) groups excluding carboxylic acids is 1. The SMILES string of the molecule is CS(=O)(=O)Nc1cccc(NC(=O)/C=C/c2cccc(C(F)(F)F)c2)c1. The minimum absolute atomic E-state index is 0.225. The van der Waals surface area contributed by atoms with Crippen molar-refractivity contribution in [3.63, 3.8) is 0 Å². The van der Waals surface area contributed by atoms with Crippen molar-refractivity contribution >= 4 is 33.4 Å². The summed E-state index contributed by atoms with van der Waals surface area (Å²) in [7, 11) is -3.45. The van der Waals surface area contributed by atoms with Crippen LogP contribution >= 0.6 is 0 Å². The third kappa shape index (κ3) is 6.25. The smallest absolute Gasteiger partial charge is 0.322 e. The summed E-state index contributed by atoms with van der Waals surface area (Å²) in [5.74, 6) is -0.570. The molecule has 138 valence electrons. The first-order valence-electron chi connectivity index (χ1n) is 7.27. The number of nitrogens with one attached hydrogen (secondary N) is 2. The van der Waals surface area contributed by atoms with Gasteiger partial charge in [-0.1, -0.05) is 18.2 Å². The van der Waals surface area contributed by atoms with Gasteiger partial charge in [-0.15, -0.1) is 0 Å². The highest BCUT2D eigenvalue weighted by Gasteiger charge is 2.30. The molecule has 26 heavy (non-hydrogen) atoms. The van der Waals surface area contributed by atoms with Crippen LogP contribution in [0.25, 0.3) is 6.08 Å². The fourth-order valence-corrected chi connectivity index (χ4v) is 2.60. The maximum absolute atomic E-state index is 12.7. The number of amides is 1. The summed E-state index contributed by atoms with van der Waals surface area (Å²) in [6, 6.07) is 10.6. The van der Waals surface area contributed by atoms with Crippen LogP contribution < -0.4 is 10.0 Å². The second-order valence-corrected chi connectivity index (χ2v) is 7.15. The van der Waals surface area contributed by atoms with Crippen molar-refractivity contribution in [2.24, 2.45) is 0 Å². The monoisotopic (exact) mass is 384 g/mol. The number of sulfonamides is 1. The second kappa shape index (κ2) is 7.61. The van der Waals surface area contributed by atoms with Crippen molar-refractivity contribution in [2.45, 2.75) is 6.18 Å². The van der Waals surface area contributed by atoms with Gasteiger partial charge in [-0.2, -0.15) is 13.2 Å². The maximum Gasteiger partial charge on any atom is 0.416 e. The van der Waals surface area contributed by atoms with Crippen molar-refractivity contribution in [3.05, 3.63) is 65.7 Å². The summed E-state index contributed by atoms with van der Waals surface area (Å²) < 4.78 is 62.6. The lowest BCUT2D eigenvalue weighted by molar-refractivity contribution is -0.137. The Labute approximate surface area is 148 Å². The number of alkyl halides is 3. The van der Waals surface area contributed by atoms with Crippen LogP contribution in [0.3, 0.4) is 0 Å². The predicted molar refractivity (Wildman–Crippen MR) is 94.0 cm³/mol. The van der Waals surface area contributed by atoms with Gasteiger partial charge >= 0.3 is 6.18 Å². The van der Waals surface area contributed by atoms with Gasteiger partial charge in [0.05, 0.1) is 17.5 Å². The number of carbonyl (C=O) groups is 1. The summed E-state index contributed by atoms with van der Waals surface area (Å²) >= 11 is 0. The van der Waals surface area contributed by atoms with Crippen LogP contribution in [0.1, 0.15) is 11.1 Å². The molecule has 0 aliphatic rings. The molecule has 0 radical (unpaired) electrons. The second-order valence-electron chi connectivity index (χ2n) is 5.40. The van der Waals surface area contributed by atoms with Crippen LogP contribution in [-0.2, 0) is 21.0 Å². The molecule has 1 amide bonds. The molecule has 0 aliphatic carbocycles. The van der Waals surface area contributed by atoms with E-state index in [1.165, 1.54) is 30.3 Å². The van der Waals surface area contributed by atoms with Gasteiger partial charge in [-0.05, 0) is 42.0 Å². The quantitative estimate of drug-likeness (QED) is 0.772. The zero-order valence-corrected chi connectivity index (χ0v) is 14.4. The molecular formula is C17H15F3N2O3S. The minimum Gasteiger partial charge on any atom is -0.322 e. The largest absolute Gasteiger partial charge is 0.416 e. The molecule has 5 nitrogen and oxygen atoms in total. The summed E-state index contributed by atoms with van der Waals surface area (Å²) in [6.45, 7) is 0. The molecule has 0 heterocycles. The molecule has 9 heteroatoms. The number of hydrogen-bond acceptors (Lipinski definition) is 3. The van der Waals surface area contributed by atoms with E-state index in [1.807, 2.05) is 0 Å². The number of hydrogen-bond donors (Lipinski definition) is 2. The summed E-state index contributed by atoms with van der Waals surface area (Å²) in [5, 5.41) is 2.50. The molecule has 2 aromatic carbocycles. The molecule has 2 N–H and O–H groups in total. The molecule has 0 spiro atoms. The first-order valence-corrected chi connectivity index (χ1v) is 9.16. The van der Waals surface area contributed by atoms with Crippen molar-refractivity contribution in [3.8, 4) is 0 Å². The van der Waals surface area contributed by atoms with Gasteiger partial charge in [-0.25, -0.2) is 8.42 Å². The van der Waals surface area contributed by atoms with E-state index in [-0.39, 0.29) is 11.3 Å². The van der Waals surface area contributed by atoms with Gasteiger partial charge in [0.2, 0.25) is 15.9 Å². The molecule has 0 unspecified atom stereocenters. The summed E-state index contributed by atoms with van der Waals surface area (Å²) in [4.78, 5) is 11.9. The number of anilines is 2. The Morgan fingerprint density at radius 1 is 1.04 bits per heavy atom. The van der Waals surface area contributed by atoms with Crippen LogP contribution in [0.5, 0.6) is 0 Å². The lowest BCUT2D eigenvalue weighted by Gasteiger charge is -2.07. The zero-order valence-electron chi connectivity index (χ0n) is 13.5. The third-order valence-electron chi connectivity index (χ3n) is 3.07. The van der Waals surface area contributed by atoms with Gasteiger partial charge in [-0.3, -0.25) is 9.52 Å². The fourth-order valence-electron chi connectivity index (χ4n) is 2.05. The normalized spacial score (nSPS) is 12.2. The molecule has 0 fully saturated rings. The summed E-state index contributed by atoms with van der Waals surface area (Å²) in [6.07, 6.45) is -1.12. The molecule has 2 rings (SSSR count). The van der Waals surface area contributed by atoms with Gasteiger partial charge in [0.15, 0.2) is 0 Å². The zero-order chi connectivity index (χ0) is 19.4. The van der Waals surface area contributed by atoms with E-state index in [4.69, 9.17) is 0 Å². The average Bonchev–Trinajstić information content (AvgIpc) is 2.51. The van der Waals surface area contributed by atoms with E-state index in [0.717, 1.165) is 24.5 Å². The van der Waals surface area contributed by atoms with E-state index in [9.17, 15) is 26.4 Å². The van der Waals surface area contributed by atoms with Crippen molar-refractivity contribution in [1.82, 2.24) is 0 Å². The van der Waals surface area contributed by atoms with Crippen molar-refractivity contribution < 1.29 is 26.4 Å². The molecule has 0 atom stereocenters. The fraction of sp³-hybridized carbons (Fsp3) is 0.118. The number of rotatable bonds is 5. The topological polar surface area (TPSA) is 75.3 Å². The van der Waals surface area contributed by atoms with E-state index in [2.05, 4.69) is 10.0 Å². The average molecular weight is 384 g/mol. The van der Waals surface area contributed by atoms with Crippen molar-refractivity contribution in [2.75, 3.05) is 16.3 Å². The highest BCUT2D eigenvalue weighted by Crippen LogP contribution is 2.29. The highest BCUT2D eigenvalue weighted by molar-refractivity contribution is 7.92. The molecule has 0 saturated heterocycles. The van der Waals surface area contributed by atoms with Gasteiger partial charge in [0.25, 0.3) is 0 Å². The molecule has 2 aromatic rings. The first-order chi connectivity index (χ1) is 12.0. The van der Waals surface area contributed by atoms with Gasteiger partial charge in [0, 0.05) is 11.8 Å². The number of benzene rings is 2. The first kappa shape index (κ1) is 19.5. The Balaban J connectivity index is 2.07. The van der Waals surface area contributed by atoms with E-state index in [0.29, 0.717) is 5.69 Å². The van der Waals surface area contributed by atoms with Crippen LogP contribution in [0, 0.1) is 0 Å². The van der Waals surface area contributed by atoms with Gasteiger partial charge in [0.1, 0.15) is 0 Å². The Bertz CT molecular complexity index is 938. The molecule has 0 aliphatic heterocycles. The Kier molecular flexibility index (Phi) is 5.71.